The maximum absolute atomic E-state index is 11.9. The molecule has 1 saturated heterocycles. The summed E-state index contributed by atoms with van der Waals surface area (Å²) in [6.45, 7) is 11.4. The second-order valence-corrected chi connectivity index (χ2v) is 10.9. The van der Waals surface area contributed by atoms with Gasteiger partial charge in [0.25, 0.3) is 0 Å². The largest absolute Gasteiger partial charge is 0.524 e. The van der Waals surface area contributed by atoms with E-state index in [2.05, 4.69) is 14.8 Å². The fraction of sp³-hybridized carbons (Fsp3) is 0.615. The quantitative estimate of drug-likeness (QED) is 0.110. The minimum absolute atomic E-state index is 0.0248. The molecule has 2 amide bonds. The maximum atomic E-state index is 11.9. The molecule has 226 valence electrons. The summed E-state index contributed by atoms with van der Waals surface area (Å²) in [5.41, 5.74) is 4.01. The first-order valence-electron chi connectivity index (χ1n) is 13.3. The highest BCUT2D eigenvalue weighted by Gasteiger charge is 2.30. The van der Waals surface area contributed by atoms with Gasteiger partial charge in [-0.1, -0.05) is 0 Å². The summed E-state index contributed by atoms with van der Waals surface area (Å²) < 4.78 is 30.8. The van der Waals surface area contributed by atoms with Gasteiger partial charge in [-0.2, -0.15) is 0 Å². The Kier molecular flexibility index (Phi) is 21.7. The van der Waals surface area contributed by atoms with E-state index in [1.165, 1.54) is 20.3 Å². The van der Waals surface area contributed by atoms with Crippen molar-refractivity contribution in [1.29, 1.82) is 0 Å². The van der Waals surface area contributed by atoms with E-state index in [9.17, 15) is 19.2 Å². The minimum Gasteiger partial charge on any atom is -0.524 e. The molecule has 1 unspecified atom stereocenters. The van der Waals surface area contributed by atoms with E-state index in [1.807, 2.05) is 39.0 Å². The molecule has 1 N–H and O–H groups in total. The molecule has 0 aromatic carbocycles. The van der Waals surface area contributed by atoms with Gasteiger partial charge in [-0.3, -0.25) is 9.59 Å². The van der Waals surface area contributed by atoms with Crippen molar-refractivity contribution in [3.63, 3.8) is 0 Å². The number of unbranched alkanes of at least 4 members (excludes halogenated alkanes) is 1. The average molecular weight is 601 g/mol. The molecular weight excluding hydrogens is 556 g/mol. The van der Waals surface area contributed by atoms with E-state index >= 15 is 0 Å². The molecule has 1 fully saturated rings. The van der Waals surface area contributed by atoms with E-state index in [4.69, 9.17) is 17.7 Å². The first-order chi connectivity index (χ1) is 19.3. The molecule has 1 aliphatic rings. The van der Waals surface area contributed by atoms with Gasteiger partial charge in [-0.05, 0) is 58.3 Å². The molecule has 0 aromatic heterocycles. The smallest absolute Gasteiger partial charge is 0.477 e. The summed E-state index contributed by atoms with van der Waals surface area (Å²) in [4.78, 5) is 46.6. The lowest BCUT2D eigenvalue weighted by atomic mass is 10.1. The molecule has 0 spiro atoms. The molecule has 0 aliphatic carbocycles. The molecular formula is C26H44N2O10Si2. The van der Waals surface area contributed by atoms with E-state index in [1.54, 1.807) is 4.90 Å². The Morgan fingerprint density at radius 2 is 1.32 bits per heavy atom. The Labute approximate surface area is 240 Å². The van der Waals surface area contributed by atoms with Crippen LogP contribution in [0.1, 0.15) is 47.0 Å². The van der Waals surface area contributed by atoms with Gasteiger partial charge in [-0.15, -0.1) is 0 Å². The predicted molar refractivity (Wildman–Crippen MR) is 155 cm³/mol. The standard InChI is InChI=1S/C13H21NO5Si.C13H23NO5Si/c1-4-18-20(19-5-2)10-11-8-9-14(11)12(15)6-7-13(16)17-3;1-4-18-20(19-5-2)11-7-6-10-14-12(15)8-9-13(16)17-3/h6-7,10-11H,4-5,8-9H2,1-3H3;8-9,11H,4-7,10H2,1-3H3,(H,14,15)/b7-6+;9-8-. The van der Waals surface area contributed by atoms with E-state index < -0.39 is 29.7 Å². The highest BCUT2D eigenvalue weighted by atomic mass is 28.3. The van der Waals surface area contributed by atoms with Crippen LogP contribution in [0.4, 0.5) is 0 Å². The summed E-state index contributed by atoms with van der Waals surface area (Å²) >= 11 is 0. The molecule has 0 radical (unpaired) electrons. The number of rotatable bonds is 17. The molecule has 40 heavy (non-hydrogen) atoms. The number of amides is 2. The summed E-state index contributed by atoms with van der Waals surface area (Å²) in [6, 6.07) is 0.0248. The second kappa shape index (κ2) is 23.6. The fourth-order valence-corrected chi connectivity index (χ4v) is 5.82. The maximum Gasteiger partial charge on any atom is 0.477 e. The van der Waals surface area contributed by atoms with Crippen molar-refractivity contribution in [2.45, 2.75) is 53.0 Å². The van der Waals surface area contributed by atoms with Gasteiger partial charge in [0.2, 0.25) is 11.8 Å². The molecule has 1 heterocycles. The number of carbonyl (C=O) groups excluding carboxylic acids is 4. The molecule has 0 aromatic rings. The van der Waals surface area contributed by atoms with Gasteiger partial charge in [0.1, 0.15) is 0 Å². The Morgan fingerprint density at radius 1 is 0.800 bits per heavy atom. The third-order valence-corrected chi connectivity index (χ3v) is 8.52. The average Bonchev–Trinajstić information content (AvgIpc) is 2.93. The first kappa shape index (κ1) is 36.7. The van der Waals surface area contributed by atoms with E-state index in [-0.39, 0.29) is 17.9 Å². The second-order valence-electron chi connectivity index (χ2n) is 7.77. The number of methoxy groups -OCH3 is 2. The molecule has 1 rings (SSSR count). The molecule has 12 nitrogen and oxygen atoms in total. The zero-order valence-corrected chi connectivity index (χ0v) is 26.4. The molecule has 14 heteroatoms. The van der Waals surface area contributed by atoms with Crippen LogP contribution in [0.2, 0.25) is 0 Å². The summed E-state index contributed by atoms with van der Waals surface area (Å²) in [5, 5.41) is 2.68. The Morgan fingerprint density at radius 3 is 1.80 bits per heavy atom. The van der Waals surface area contributed by atoms with Gasteiger partial charge < -0.3 is 37.4 Å². The molecule has 0 bridgehead atoms. The van der Waals surface area contributed by atoms with Crippen LogP contribution in [0.3, 0.4) is 0 Å². The lowest BCUT2D eigenvalue weighted by molar-refractivity contribution is -0.136. The SMILES string of the molecule is CCO[Si](=CC1CCN1C(=O)/C=C/C(=O)OC)OCC.CCO[Si](=CCCCNC(=O)/C=C\C(=O)OC)OCC. The number of hydrogen-bond donors (Lipinski definition) is 1. The topological polar surface area (TPSA) is 139 Å². The Balaban J connectivity index is 0.000000760. The Bertz CT molecular complexity index is 890. The number of nitrogens with zero attached hydrogens (tertiary/aromatic N) is 1. The number of carbonyl (C=O) groups is 4. The van der Waals surface area contributed by atoms with Crippen LogP contribution in [-0.2, 0) is 46.4 Å². The first-order valence-corrected chi connectivity index (χ1v) is 16.1. The zero-order valence-electron chi connectivity index (χ0n) is 24.4. The number of hydrogen-bond acceptors (Lipinski definition) is 10. The van der Waals surface area contributed by atoms with Gasteiger partial charge in [-0.25, -0.2) is 9.59 Å². The molecule has 0 saturated carbocycles. The highest BCUT2D eigenvalue weighted by molar-refractivity contribution is 6.55. The van der Waals surface area contributed by atoms with Crippen LogP contribution >= 0.6 is 0 Å². The van der Waals surface area contributed by atoms with Crippen LogP contribution in [0.5, 0.6) is 0 Å². The van der Waals surface area contributed by atoms with Crippen molar-refractivity contribution < 1.29 is 46.4 Å². The van der Waals surface area contributed by atoms with Gasteiger partial charge in [0.15, 0.2) is 0 Å². The van der Waals surface area contributed by atoms with E-state index in [0.717, 1.165) is 37.5 Å². The van der Waals surface area contributed by atoms with Crippen molar-refractivity contribution in [3.05, 3.63) is 24.3 Å². The van der Waals surface area contributed by atoms with Crippen molar-refractivity contribution in [1.82, 2.24) is 10.2 Å². The van der Waals surface area contributed by atoms with Crippen molar-refractivity contribution in [2.75, 3.05) is 53.7 Å². The summed E-state index contributed by atoms with van der Waals surface area (Å²) in [5.74, 6) is -1.59. The van der Waals surface area contributed by atoms with Crippen molar-refractivity contribution in [3.8, 4) is 0 Å². The van der Waals surface area contributed by atoms with Gasteiger partial charge in [0, 0.05) is 37.4 Å². The third-order valence-electron chi connectivity index (χ3n) is 4.95. The Hall–Kier alpha value is -3.27. The lowest BCUT2D eigenvalue weighted by Crippen LogP contribution is -2.52. The highest BCUT2D eigenvalue weighted by Crippen LogP contribution is 2.16. The van der Waals surface area contributed by atoms with E-state index in [0.29, 0.717) is 39.5 Å². The third kappa shape index (κ3) is 17.3. The van der Waals surface area contributed by atoms with Crippen molar-refractivity contribution in [2.24, 2.45) is 0 Å². The van der Waals surface area contributed by atoms with Gasteiger partial charge in [0.05, 0.1) is 46.7 Å². The monoisotopic (exact) mass is 600 g/mol. The molecule has 1 aliphatic heterocycles. The molecule has 1 atom stereocenters. The minimum atomic E-state index is -1.44. The lowest BCUT2D eigenvalue weighted by Gasteiger charge is -2.38. The number of esters is 2. The van der Waals surface area contributed by atoms with Crippen LogP contribution in [0.25, 0.3) is 0 Å². The van der Waals surface area contributed by atoms with Crippen LogP contribution in [-0.4, -0.2) is 118 Å². The van der Waals surface area contributed by atoms with Crippen LogP contribution in [0, 0.1) is 0 Å². The number of ether oxygens (including phenoxy) is 2. The van der Waals surface area contributed by atoms with Gasteiger partial charge >= 0.3 is 29.7 Å². The summed E-state index contributed by atoms with van der Waals surface area (Å²) in [6.07, 6.45) is 7.12. The van der Waals surface area contributed by atoms with Crippen LogP contribution < -0.4 is 5.32 Å². The zero-order chi connectivity index (χ0) is 30.2. The summed E-state index contributed by atoms with van der Waals surface area (Å²) in [7, 11) is -0.192. The predicted octanol–water partition coefficient (Wildman–Crippen LogP) is 0.819. The normalized spacial score (nSPS) is 13.7. The number of likely N-dealkylation sites (tertiary alicyclic amines) is 1. The number of nitrogens with one attached hydrogen (secondary N) is 1. The van der Waals surface area contributed by atoms with Crippen LogP contribution in [0.15, 0.2) is 24.3 Å². The van der Waals surface area contributed by atoms with Crippen molar-refractivity contribution >= 4 is 52.9 Å². The fourth-order valence-electron chi connectivity index (χ4n) is 2.99.